The van der Waals surface area contributed by atoms with Crippen LogP contribution in [0.25, 0.3) is 0 Å². The maximum absolute atomic E-state index is 12.6. The second kappa shape index (κ2) is 10.2. The summed E-state index contributed by atoms with van der Waals surface area (Å²) in [7, 11) is -2.20. The van der Waals surface area contributed by atoms with Gasteiger partial charge < -0.3 is 15.0 Å². The van der Waals surface area contributed by atoms with Gasteiger partial charge in [0.1, 0.15) is 5.75 Å². The van der Waals surface area contributed by atoms with E-state index in [0.717, 1.165) is 26.1 Å². The lowest BCUT2D eigenvalue weighted by Crippen LogP contribution is -2.31. The van der Waals surface area contributed by atoms with E-state index in [1.165, 1.54) is 24.3 Å². The number of nitrogens with zero attached hydrogens (tertiary/aromatic N) is 1. The number of carbonyl (C=O) groups excluding carboxylic acids is 1. The SMILES string of the molecule is COc1ccc(NS(=O)(=O)c2ccc(C(=O)NC[C@@H]3CCN(CC(C)C)C3)cc2)cc1. The van der Waals surface area contributed by atoms with Crippen LogP contribution in [0.4, 0.5) is 5.69 Å². The van der Waals surface area contributed by atoms with Crippen LogP contribution in [-0.2, 0) is 10.0 Å². The fourth-order valence-corrected chi connectivity index (χ4v) is 4.82. The number of rotatable bonds is 9. The zero-order valence-corrected chi connectivity index (χ0v) is 19.1. The van der Waals surface area contributed by atoms with Crippen LogP contribution in [0.3, 0.4) is 0 Å². The molecule has 0 unspecified atom stereocenters. The van der Waals surface area contributed by atoms with Gasteiger partial charge in [-0.15, -0.1) is 0 Å². The zero-order chi connectivity index (χ0) is 22.4. The van der Waals surface area contributed by atoms with Gasteiger partial charge in [-0.3, -0.25) is 9.52 Å². The molecule has 168 valence electrons. The van der Waals surface area contributed by atoms with Gasteiger partial charge in [-0.1, -0.05) is 13.8 Å². The van der Waals surface area contributed by atoms with Crippen LogP contribution >= 0.6 is 0 Å². The normalized spacial score (nSPS) is 17.0. The fraction of sp³-hybridized carbons (Fsp3) is 0.435. The number of hydrogen-bond acceptors (Lipinski definition) is 5. The molecule has 8 heteroatoms. The Labute approximate surface area is 184 Å². The lowest BCUT2D eigenvalue weighted by atomic mass is 10.1. The van der Waals surface area contributed by atoms with Crippen LogP contribution in [0, 0.1) is 11.8 Å². The average molecular weight is 446 g/mol. The number of anilines is 1. The van der Waals surface area contributed by atoms with E-state index >= 15 is 0 Å². The van der Waals surface area contributed by atoms with E-state index in [-0.39, 0.29) is 10.8 Å². The Bertz CT molecular complexity index is 973. The van der Waals surface area contributed by atoms with Crippen LogP contribution in [0.15, 0.2) is 53.4 Å². The Morgan fingerprint density at radius 3 is 2.42 bits per heavy atom. The number of nitrogens with one attached hydrogen (secondary N) is 2. The molecule has 1 fully saturated rings. The number of sulfonamides is 1. The standard InChI is InChI=1S/C23H31N3O4S/c1-17(2)15-26-13-12-18(16-26)14-24-23(27)19-4-10-22(11-5-19)31(28,29)25-20-6-8-21(30-3)9-7-20/h4-11,17-18,25H,12-16H2,1-3H3,(H,24,27)/t18-/m0/s1. The summed E-state index contributed by atoms with van der Waals surface area (Å²) in [4.78, 5) is 15.0. The largest absolute Gasteiger partial charge is 0.497 e. The number of hydrogen-bond donors (Lipinski definition) is 2. The van der Waals surface area contributed by atoms with Gasteiger partial charge in [0.25, 0.3) is 15.9 Å². The fourth-order valence-electron chi connectivity index (χ4n) is 3.76. The molecule has 2 aromatic carbocycles. The molecule has 0 aliphatic carbocycles. The van der Waals surface area contributed by atoms with Crippen LogP contribution in [0.2, 0.25) is 0 Å². The summed E-state index contributed by atoms with van der Waals surface area (Å²) in [6.07, 6.45) is 1.08. The summed E-state index contributed by atoms with van der Waals surface area (Å²) >= 11 is 0. The third-order valence-corrected chi connectivity index (χ3v) is 6.71. The van der Waals surface area contributed by atoms with Gasteiger partial charge in [0, 0.05) is 30.9 Å². The highest BCUT2D eigenvalue weighted by Crippen LogP contribution is 2.20. The topological polar surface area (TPSA) is 87.7 Å². The first-order chi connectivity index (χ1) is 14.8. The second-order valence-electron chi connectivity index (χ2n) is 8.38. The smallest absolute Gasteiger partial charge is 0.261 e. The molecule has 7 nitrogen and oxygen atoms in total. The molecular weight excluding hydrogens is 414 g/mol. The molecule has 3 rings (SSSR count). The highest BCUT2D eigenvalue weighted by molar-refractivity contribution is 7.92. The molecule has 0 bridgehead atoms. The lowest BCUT2D eigenvalue weighted by molar-refractivity contribution is 0.0947. The number of ether oxygens (including phenoxy) is 1. The van der Waals surface area contributed by atoms with Gasteiger partial charge in [-0.05, 0) is 73.3 Å². The van der Waals surface area contributed by atoms with Crippen molar-refractivity contribution in [1.82, 2.24) is 10.2 Å². The highest BCUT2D eigenvalue weighted by atomic mass is 32.2. The molecule has 0 spiro atoms. The monoisotopic (exact) mass is 445 g/mol. The third-order valence-electron chi connectivity index (χ3n) is 5.31. The van der Waals surface area contributed by atoms with E-state index in [0.29, 0.717) is 35.4 Å². The molecule has 1 amide bonds. The van der Waals surface area contributed by atoms with Crippen molar-refractivity contribution in [3.05, 3.63) is 54.1 Å². The van der Waals surface area contributed by atoms with Crippen molar-refractivity contribution in [1.29, 1.82) is 0 Å². The van der Waals surface area contributed by atoms with Gasteiger partial charge in [0.05, 0.1) is 12.0 Å². The van der Waals surface area contributed by atoms with Gasteiger partial charge in [-0.25, -0.2) is 8.42 Å². The first kappa shape index (κ1) is 23.1. The second-order valence-corrected chi connectivity index (χ2v) is 10.1. The summed E-state index contributed by atoms with van der Waals surface area (Å²) < 4.78 is 32.8. The molecule has 1 aliphatic rings. The first-order valence-corrected chi connectivity index (χ1v) is 12.0. The summed E-state index contributed by atoms with van der Waals surface area (Å²) in [5, 5.41) is 2.98. The summed E-state index contributed by atoms with van der Waals surface area (Å²) in [5.41, 5.74) is 0.881. The molecule has 31 heavy (non-hydrogen) atoms. The molecule has 1 aliphatic heterocycles. The van der Waals surface area contributed by atoms with Crippen molar-refractivity contribution in [3.63, 3.8) is 0 Å². The van der Waals surface area contributed by atoms with E-state index in [2.05, 4.69) is 28.8 Å². The number of likely N-dealkylation sites (tertiary alicyclic amines) is 1. The predicted octanol–water partition coefficient (Wildman–Crippen LogP) is 3.20. The lowest BCUT2D eigenvalue weighted by Gasteiger charge is -2.18. The molecule has 1 saturated heterocycles. The van der Waals surface area contributed by atoms with Crippen molar-refractivity contribution in [2.75, 3.05) is 38.0 Å². The van der Waals surface area contributed by atoms with Gasteiger partial charge in [-0.2, -0.15) is 0 Å². The minimum Gasteiger partial charge on any atom is -0.497 e. The van der Waals surface area contributed by atoms with Crippen molar-refractivity contribution < 1.29 is 17.9 Å². The van der Waals surface area contributed by atoms with Crippen molar-refractivity contribution >= 4 is 21.6 Å². The minimum atomic E-state index is -3.74. The van der Waals surface area contributed by atoms with E-state index in [4.69, 9.17) is 4.74 Å². The highest BCUT2D eigenvalue weighted by Gasteiger charge is 2.23. The average Bonchev–Trinajstić information content (AvgIpc) is 3.19. The molecule has 2 N–H and O–H groups in total. The van der Waals surface area contributed by atoms with E-state index in [1.807, 2.05) is 0 Å². The Morgan fingerprint density at radius 1 is 1.13 bits per heavy atom. The van der Waals surface area contributed by atoms with E-state index in [9.17, 15) is 13.2 Å². The third kappa shape index (κ3) is 6.45. The molecule has 0 aromatic heterocycles. The van der Waals surface area contributed by atoms with Gasteiger partial charge in [0.15, 0.2) is 0 Å². The number of amides is 1. The molecule has 2 aromatic rings. The quantitative estimate of drug-likeness (QED) is 0.619. The number of benzene rings is 2. The van der Waals surface area contributed by atoms with E-state index in [1.54, 1.807) is 31.4 Å². The van der Waals surface area contributed by atoms with Crippen LogP contribution in [0.5, 0.6) is 5.75 Å². The van der Waals surface area contributed by atoms with Crippen molar-refractivity contribution in [2.45, 2.75) is 25.2 Å². The van der Waals surface area contributed by atoms with Crippen molar-refractivity contribution in [2.24, 2.45) is 11.8 Å². The maximum atomic E-state index is 12.6. The Morgan fingerprint density at radius 2 is 1.81 bits per heavy atom. The van der Waals surface area contributed by atoms with Crippen molar-refractivity contribution in [3.8, 4) is 5.75 Å². The molecule has 1 atom stereocenters. The van der Waals surface area contributed by atoms with Crippen LogP contribution in [-0.4, -0.2) is 52.5 Å². The molecule has 0 saturated carbocycles. The number of methoxy groups -OCH3 is 1. The Balaban J connectivity index is 1.54. The van der Waals surface area contributed by atoms with Crippen LogP contribution < -0.4 is 14.8 Å². The first-order valence-electron chi connectivity index (χ1n) is 10.5. The molecular formula is C23H31N3O4S. The minimum absolute atomic E-state index is 0.0972. The summed E-state index contributed by atoms with van der Waals surface area (Å²) in [5.74, 6) is 1.55. The molecule has 1 heterocycles. The Hall–Kier alpha value is -2.58. The molecule has 0 radical (unpaired) electrons. The Kier molecular flexibility index (Phi) is 7.56. The predicted molar refractivity (Wildman–Crippen MR) is 122 cm³/mol. The van der Waals surface area contributed by atoms with E-state index < -0.39 is 10.0 Å². The summed E-state index contributed by atoms with van der Waals surface area (Å²) in [6.45, 7) is 8.23. The van der Waals surface area contributed by atoms with Gasteiger partial charge >= 0.3 is 0 Å². The van der Waals surface area contributed by atoms with Gasteiger partial charge in [0.2, 0.25) is 0 Å². The maximum Gasteiger partial charge on any atom is 0.261 e. The number of carbonyl (C=O) groups is 1. The summed E-state index contributed by atoms with van der Waals surface area (Å²) in [6, 6.07) is 12.6. The van der Waals surface area contributed by atoms with Crippen LogP contribution in [0.1, 0.15) is 30.6 Å². The zero-order valence-electron chi connectivity index (χ0n) is 18.3.